The number of sulfonamides is 1. The van der Waals surface area contributed by atoms with Crippen LogP contribution in [0.5, 0.6) is 0 Å². The zero-order chi connectivity index (χ0) is 13.9. The summed E-state index contributed by atoms with van der Waals surface area (Å²) >= 11 is 2.18. The van der Waals surface area contributed by atoms with Crippen LogP contribution in [0.2, 0.25) is 0 Å². The lowest BCUT2D eigenvalue weighted by molar-refractivity contribution is 0.0702. The number of aromatic carboxylic acids is 1. The molecular weight excluding hydrogens is 308 g/mol. The number of aromatic nitrogens is 1. The highest BCUT2D eigenvalue weighted by molar-refractivity contribution is 7.91. The van der Waals surface area contributed by atoms with Crippen molar-refractivity contribution >= 4 is 38.7 Å². The Morgan fingerprint density at radius 3 is 2.79 bits per heavy atom. The van der Waals surface area contributed by atoms with Gasteiger partial charge in [-0.2, -0.15) is 0 Å². The van der Waals surface area contributed by atoms with E-state index in [9.17, 15) is 13.2 Å². The van der Waals surface area contributed by atoms with Gasteiger partial charge >= 0.3 is 5.97 Å². The van der Waals surface area contributed by atoms with E-state index in [0.717, 1.165) is 17.0 Å². The van der Waals surface area contributed by atoms with Gasteiger partial charge in [0.15, 0.2) is 0 Å². The smallest absolute Gasteiger partial charge is 0.345 e. The van der Waals surface area contributed by atoms with Gasteiger partial charge in [0, 0.05) is 18.3 Å². The SMILES string of the molecule is O=C(O)c1ccc(S(=O)(=O)NCCc2cscn2)s1. The minimum Gasteiger partial charge on any atom is -0.477 e. The normalized spacial score (nSPS) is 11.6. The lowest BCUT2D eigenvalue weighted by Crippen LogP contribution is -2.25. The molecule has 0 unspecified atom stereocenters. The Morgan fingerprint density at radius 1 is 1.42 bits per heavy atom. The monoisotopic (exact) mass is 318 g/mol. The summed E-state index contributed by atoms with van der Waals surface area (Å²) in [7, 11) is -3.65. The molecule has 6 nitrogen and oxygen atoms in total. The number of nitrogens with zero attached hydrogens (tertiary/aromatic N) is 1. The molecule has 0 fully saturated rings. The van der Waals surface area contributed by atoms with E-state index in [1.165, 1.54) is 23.5 Å². The molecule has 0 saturated carbocycles. The number of rotatable bonds is 6. The van der Waals surface area contributed by atoms with Crippen molar-refractivity contribution in [3.05, 3.63) is 33.6 Å². The zero-order valence-electron chi connectivity index (χ0n) is 9.57. The first-order valence-electron chi connectivity index (χ1n) is 5.19. The van der Waals surface area contributed by atoms with Gasteiger partial charge in [-0.25, -0.2) is 22.9 Å². The molecule has 2 aromatic heterocycles. The Kier molecular flexibility index (Phi) is 4.30. The molecule has 102 valence electrons. The third-order valence-electron chi connectivity index (χ3n) is 2.21. The van der Waals surface area contributed by atoms with Crippen LogP contribution in [-0.4, -0.2) is 31.0 Å². The number of carbonyl (C=O) groups is 1. The van der Waals surface area contributed by atoms with Gasteiger partial charge in [0.1, 0.15) is 9.09 Å². The molecular formula is C10H10N2O4S3. The summed E-state index contributed by atoms with van der Waals surface area (Å²) in [6, 6.07) is 2.57. The number of carboxylic acid groups (broad SMARTS) is 1. The lowest BCUT2D eigenvalue weighted by atomic mass is 10.3. The summed E-state index contributed by atoms with van der Waals surface area (Å²) in [4.78, 5) is 14.7. The van der Waals surface area contributed by atoms with Gasteiger partial charge in [0.25, 0.3) is 0 Å². The highest BCUT2D eigenvalue weighted by atomic mass is 32.2. The van der Waals surface area contributed by atoms with Crippen molar-refractivity contribution in [3.63, 3.8) is 0 Å². The number of thiazole rings is 1. The molecule has 0 aliphatic rings. The first kappa shape index (κ1) is 14.1. The number of carboxylic acids is 1. The van der Waals surface area contributed by atoms with Gasteiger partial charge in [-0.05, 0) is 12.1 Å². The van der Waals surface area contributed by atoms with Crippen molar-refractivity contribution in [3.8, 4) is 0 Å². The van der Waals surface area contributed by atoms with Crippen LogP contribution in [0.1, 0.15) is 15.4 Å². The maximum absolute atomic E-state index is 11.9. The Morgan fingerprint density at radius 2 is 2.21 bits per heavy atom. The van der Waals surface area contributed by atoms with Gasteiger partial charge < -0.3 is 5.11 Å². The molecule has 0 amide bonds. The fourth-order valence-corrected chi connectivity index (χ4v) is 4.14. The Bertz CT molecular complexity index is 661. The summed E-state index contributed by atoms with van der Waals surface area (Å²) in [6.07, 6.45) is 0.500. The van der Waals surface area contributed by atoms with Crippen LogP contribution in [0.25, 0.3) is 0 Å². The average Bonchev–Trinajstić information content (AvgIpc) is 2.99. The van der Waals surface area contributed by atoms with Gasteiger partial charge in [-0.3, -0.25) is 0 Å². The molecule has 0 bridgehead atoms. The minimum absolute atomic E-state index is 0.000115. The molecule has 0 spiro atoms. The topological polar surface area (TPSA) is 96.4 Å². The quantitative estimate of drug-likeness (QED) is 0.840. The second kappa shape index (κ2) is 5.78. The van der Waals surface area contributed by atoms with Crippen LogP contribution in [-0.2, 0) is 16.4 Å². The van der Waals surface area contributed by atoms with Gasteiger partial charge in [0.05, 0.1) is 11.2 Å². The molecule has 19 heavy (non-hydrogen) atoms. The largest absolute Gasteiger partial charge is 0.477 e. The Balaban J connectivity index is 1.99. The van der Waals surface area contributed by atoms with E-state index in [4.69, 9.17) is 5.11 Å². The van der Waals surface area contributed by atoms with Crippen molar-refractivity contribution in [1.82, 2.24) is 9.71 Å². The van der Waals surface area contributed by atoms with E-state index < -0.39 is 16.0 Å². The summed E-state index contributed by atoms with van der Waals surface area (Å²) in [5, 5.41) is 10.6. The number of hydrogen-bond acceptors (Lipinski definition) is 6. The van der Waals surface area contributed by atoms with Gasteiger partial charge in [-0.15, -0.1) is 22.7 Å². The van der Waals surface area contributed by atoms with E-state index in [1.807, 2.05) is 5.38 Å². The zero-order valence-corrected chi connectivity index (χ0v) is 12.0. The van der Waals surface area contributed by atoms with E-state index in [1.54, 1.807) is 5.51 Å². The van der Waals surface area contributed by atoms with Crippen molar-refractivity contribution in [2.45, 2.75) is 10.6 Å². The average molecular weight is 318 g/mol. The second-order valence-electron chi connectivity index (χ2n) is 3.55. The first-order valence-corrected chi connectivity index (χ1v) is 8.43. The molecule has 2 rings (SSSR count). The van der Waals surface area contributed by atoms with Crippen LogP contribution >= 0.6 is 22.7 Å². The Hall–Kier alpha value is -1.29. The lowest BCUT2D eigenvalue weighted by Gasteiger charge is -2.02. The molecule has 2 heterocycles. The number of nitrogens with one attached hydrogen (secondary N) is 1. The molecule has 9 heteroatoms. The predicted octanol–water partition coefficient (Wildman–Crippen LogP) is 1.42. The molecule has 2 aromatic rings. The molecule has 0 saturated heterocycles. The van der Waals surface area contributed by atoms with Crippen molar-refractivity contribution in [1.29, 1.82) is 0 Å². The molecule has 0 aromatic carbocycles. The van der Waals surface area contributed by atoms with Gasteiger partial charge in [0.2, 0.25) is 10.0 Å². The number of thiophene rings is 1. The van der Waals surface area contributed by atoms with Crippen molar-refractivity contribution in [2.24, 2.45) is 0 Å². The predicted molar refractivity (Wildman–Crippen MR) is 72.3 cm³/mol. The van der Waals surface area contributed by atoms with Crippen molar-refractivity contribution in [2.75, 3.05) is 6.54 Å². The highest BCUT2D eigenvalue weighted by Gasteiger charge is 2.18. The molecule has 0 radical (unpaired) electrons. The van der Waals surface area contributed by atoms with E-state index in [-0.39, 0.29) is 15.6 Å². The van der Waals surface area contributed by atoms with Crippen LogP contribution in [0.4, 0.5) is 0 Å². The molecule has 2 N–H and O–H groups in total. The van der Waals surface area contributed by atoms with Gasteiger partial charge in [-0.1, -0.05) is 0 Å². The summed E-state index contributed by atoms with van der Waals surface area (Å²) < 4.78 is 26.2. The summed E-state index contributed by atoms with van der Waals surface area (Å²) in [5.74, 6) is -1.13. The fourth-order valence-electron chi connectivity index (χ4n) is 1.33. The molecule has 0 aliphatic heterocycles. The van der Waals surface area contributed by atoms with E-state index >= 15 is 0 Å². The Labute approximate surface area is 117 Å². The standard InChI is InChI=1S/C10H10N2O4S3/c13-10(14)8-1-2-9(18-8)19(15,16)12-4-3-7-5-17-6-11-7/h1-2,5-6,12H,3-4H2,(H,13,14). The van der Waals surface area contributed by atoms with E-state index in [0.29, 0.717) is 6.42 Å². The summed E-state index contributed by atoms with van der Waals surface area (Å²) in [6.45, 7) is 0.229. The fraction of sp³-hybridized carbons (Fsp3) is 0.200. The summed E-state index contributed by atoms with van der Waals surface area (Å²) in [5.41, 5.74) is 2.51. The van der Waals surface area contributed by atoms with E-state index in [2.05, 4.69) is 9.71 Å². The third-order valence-corrected chi connectivity index (χ3v) is 5.88. The maximum atomic E-state index is 11.9. The highest BCUT2D eigenvalue weighted by Crippen LogP contribution is 2.21. The van der Waals surface area contributed by atoms with Crippen molar-refractivity contribution < 1.29 is 18.3 Å². The minimum atomic E-state index is -3.65. The number of hydrogen-bond donors (Lipinski definition) is 2. The third kappa shape index (κ3) is 3.60. The molecule has 0 atom stereocenters. The van der Waals surface area contributed by atoms with Crippen LogP contribution in [0.3, 0.4) is 0 Å². The van der Waals surface area contributed by atoms with Crippen LogP contribution < -0.4 is 4.72 Å². The maximum Gasteiger partial charge on any atom is 0.345 e. The van der Waals surface area contributed by atoms with Crippen LogP contribution in [0.15, 0.2) is 27.2 Å². The molecule has 0 aliphatic carbocycles. The second-order valence-corrected chi connectivity index (χ2v) is 7.35. The first-order chi connectivity index (χ1) is 8.99. The van der Waals surface area contributed by atoms with Crippen LogP contribution in [0, 0.1) is 0 Å².